The largest absolute Gasteiger partial charge is 0.377 e. The molecule has 146 valence electrons. The van der Waals surface area contributed by atoms with Crippen LogP contribution in [0.5, 0.6) is 0 Å². The third-order valence-electron chi connectivity index (χ3n) is 4.81. The molecule has 1 aromatic rings. The Morgan fingerprint density at radius 1 is 1.12 bits per heavy atom. The number of methoxy groups -OCH3 is 1. The molecule has 2 N–H and O–H groups in total. The Hall–Kier alpha value is -0.370. The fourth-order valence-electron chi connectivity index (χ4n) is 3.05. The Morgan fingerprint density at radius 2 is 1.72 bits per heavy atom. The summed E-state index contributed by atoms with van der Waals surface area (Å²) in [4.78, 5) is 2.80. The maximum Gasteiger partial charge on any atom is 0.178 e. The average molecular weight is 413 g/mol. The number of halogens is 2. The molecule has 0 spiro atoms. The highest BCUT2D eigenvalue weighted by Crippen LogP contribution is 2.24. The van der Waals surface area contributed by atoms with Crippen LogP contribution in [0, 0.1) is 0 Å². The zero-order chi connectivity index (χ0) is 16.8. The van der Waals surface area contributed by atoms with Gasteiger partial charge >= 0.3 is 0 Å². The molecule has 0 aromatic heterocycles. The minimum absolute atomic E-state index is 0. The van der Waals surface area contributed by atoms with Gasteiger partial charge in [0.2, 0.25) is 0 Å². The first-order chi connectivity index (χ1) is 11.0. The molecule has 0 bridgehead atoms. The van der Waals surface area contributed by atoms with Crippen LogP contribution in [0.1, 0.15) is 25.7 Å². The molecule has 25 heavy (non-hydrogen) atoms. The van der Waals surface area contributed by atoms with E-state index in [2.05, 4.69) is 4.90 Å². The number of nitrogens with zero attached hydrogens (tertiary/aromatic N) is 1. The first-order valence-electron chi connectivity index (χ1n) is 8.27. The smallest absolute Gasteiger partial charge is 0.178 e. The highest BCUT2D eigenvalue weighted by atomic mass is 35.5. The number of ether oxygens (including phenoxy) is 1. The molecule has 0 atom stereocenters. The molecule has 1 aliphatic heterocycles. The maximum atomic E-state index is 12.2. The van der Waals surface area contributed by atoms with Gasteiger partial charge in [0.05, 0.1) is 16.2 Å². The summed E-state index contributed by atoms with van der Waals surface area (Å²) in [6, 6.07) is 8.69. The number of unbranched alkanes of at least 4 members (excludes halogenated alkanes) is 1. The Morgan fingerprint density at radius 3 is 2.24 bits per heavy atom. The van der Waals surface area contributed by atoms with E-state index in [4.69, 9.17) is 10.5 Å². The Balaban J connectivity index is 0.00000288. The summed E-state index contributed by atoms with van der Waals surface area (Å²) in [5, 5.41) is 0. The van der Waals surface area contributed by atoms with Gasteiger partial charge in [-0.15, -0.1) is 24.8 Å². The van der Waals surface area contributed by atoms with Gasteiger partial charge in [-0.05, 0) is 44.4 Å². The quantitative estimate of drug-likeness (QED) is 0.663. The van der Waals surface area contributed by atoms with Crippen LogP contribution in [0.2, 0.25) is 0 Å². The molecule has 1 aliphatic rings. The van der Waals surface area contributed by atoms with Crippen molar-refractivity contribution in [2.24, 2.45) is 5.73 Å². The standard InChI is InChI=1S/C17H28N2O3S.2ClH/c1-22-17(15-18)9-12-19(13-10-17)11-5-6-14-23(20,21)16-7-3-2-4-8-16;;/h2-4,7-8H,5-6,9-15,18H2,1H3;2*1H. The zero-order valence-corrected chi connectivity index (χ0v) is 17.2. The molecule has 0 unspecified atom stereocenters. The highest BCUT2D eigenvalue weighted by molar-refractivity contribution is 7.91. The second-order valence-corrected chi connectivity index (χ2v) is 8.38. The van der Waals surface area contributed by atoms with Crippen molar-refractivity contribution in [2.75, 3.05) is 39.0 Å². The number of benzene rings is 1. The van der Waals surface area contributed by atoms with Gasteiger partial charge in [0.15, 0.2) is 9.84 Å². The maximum absolute atomic E-state index is 12.2. The normalized spacial score (nSPS) is 17.4. The molecule has 0 amide bonds. The van der Waals surface area contributed by atoms with Gasteiger partial charge in [0.25, 0.3) is 0 Å². The van der Waals surface area contributed by atoms with Crippen LogP contribution in [-0.4, -0.2) is 58.0 Å². The van der Waals surface area contributed by atoms with Gasteiger partial charge in [-0.25, -0.2) is 8.42 Å². The molecular weight excluding hydrogens is 383 g/mol. The number of piperidine rings is 1. The minimum Gasteiger partial charge on any atom is -0.377 e. The van der Waals surface area contributed by atoms with Crippen LogP contribution in [-0.2, 0) is 14.6 Å². The van der Waals surface area contributed by atoms with E-state index in [9.17, 15) is 8.42 Å². The molecule has 1 saturated heterocycles. The third-order valence-corrected chi connectivity index (χ3v) is 6.63. The number of hydrogen-bond acceptors (Lipinski definition) is 5. The van der Waals surface area contributed by atoms with Gasteiger partial charge < -0.3 is 15.4 Å². The lowest BCUT2D eigenvalue weighted by Gasteiger charge is -2.40. The van der Waals surface area contributed by atoms with Crippen molar-refractivity contribution >= 4 is 34.7 Å². The van der Waals surface area contributed by atoms with E-state index >= 15 is 0 Å². The van der Waals surface area contributed by atoms with Crippen LogP contribution < -0.4 is 5.73 Å². The molecule has 1 aromatic carbocycles. The summed E-state index contributed by atoms with van der Waals surface area (Å²) in [7, 11) is -1.41. The van der Waals surface area contributed by atoms with E-state index in [0.29, 0.717) is 17.9 Å². The Bertz CT molecular complexity index is 571. The first-order valence-corrected chi connectivity index (χ1v) is 9.92. The van der Waals surface area contributed by atoms with Crippen molar-refractivity contribution in [1.82, 2.24) is 4.90 Å². The van der Waals surface area contributed by atoms with E-state index in [-0.39, 0.29) is 36.2 Å². The predicted octanol–water partition coefficient (Wildman–Crippen LogP) is 2.52. The van der Waals surface area contributed by atoms with Gasteiger partial charge in [0.1, 0.15) is 0 Å². The summed E-state index contributed by atoms with van der Waals surface area (Å²) < 4.78 is 30.0. The first kappa shape index (κ1) is 24.6. The Labute approximate surface area is 164 Å². The van der Waals surface area contributed by atoms with Crippen molar-refractivity contribution < 1.29 is 13.2 Å². The molecule has 8 heteroatoms. The minimum atomic E-state index is -3.14. The van der Waals surface area contributed by atoms with Gasteiger partial charge in [0, 0.05) is 26.7 Å². The van der Waals surface area contributed by atoms with Crippen molar-refractivity contribution in [3.8, 4) is 0 Å². The lowest BCUT2D eigenvalue weighted by Crippen LogP contribution is -2.50. The summed E-state index contributed by atoms with van der Waals surface area (Å²) >= 11 is 0. The van der Waals surface area contributed by atoms with E-state index in [1.165, 1.54) is 0 Å². The fraction of sp³-hybridized carbons (Fsp3) is 0.647. The molecular formula is C17H30Cl2N2O3S. The highest BCUT2D eigenvalue weighted by Gasteiger charge is 2.32. The summed E-state index contributed by atoms with van der Waals surface area (Å²) in [6.45, 7) is 3.44. The average Bonchev–Trinajstić information content (AvgIpc) is 2.60. The van der Waals surface area contributed by atoms with Gasteiger partial charge in [-0.3, -0.25) is 0 Å². The molecule has 0 aliphatic carbocycles. The van der Waals surface area contributed by atoms with E-state index in [1.807, 2.05) is 6.07 Å². The number of sulfone groups is 1. The predicted molar refractivity (Wildman–Crippen MR) is 107 cm³/mol. The number of likely N-dealkylation sites (tertiary alicyclic amines) is 1. The van der Waals surface area contributed by atoms with Crippen LogP contribution in [0.15, 0.2) is 35.2 Å². The Kier molecular flexibility index (Phi) is 11.2. The molecule has 1 fully saturated rings. The number of nitrogens with two attached hydrogens (primary N) is 1. The van der Waals surface area contributed by atoms with Crippen LogP contribution >= 0.6 is 24.8 Å². The summed E-state index contributed by atoms with van der Waals surface area (Å²) in [5.74, 6) is 0.218. The third kappa shape index (κ3) is 7.04. The lowest BCUT2D eigenvalue weighted by atomic mass is 9.91. The SMILES string of the molecule is COC1(CN)CCN(CCCCS(=O)(=O)c2ccccc2)CC1.Cl.Cl. The second kappa shape index (κ2) is 11.4. The van der Waals surface area contributed by atoms with Crippen molar-refractivity contribution in [2.45, 2.75) is 36.2 Å². The van der Waals surface area contributed by atoms with E-state index in [0.717, 1.165) is 38.9 Å². The van der Waals surface area contributed by atoms with Crippen molar-refractivity contribution in [3.63, 3.8) is 0 Å². The summed E-state index contributed by atoms with van der Waals surface area (Å²) in [5.41, 5.74) is 5.65. The molecule has 5 nitrogen and oxygen atoms in total. The summed E-state index contributed by atoms with van der Waals surface area (Å²) in [6.07, 6.45) is 3.49. The van der Waals surface area contributed by atoms with Gasteiger partial charge in [-0.2, -0.15) is 0 Å². The monoisotopic (exact) mass is 412 g/mol. The molecule has 0 radical (unpaired) electrons. The zero-order valence-electron chi connectivity index (χ0n) is 14.7. The van der Waals surface area contributed by atoms with Crippen LogP contribution in [0.3, 0.4) is 0 Å². The topological polar surface area (TPSA) is 72.6 Å². The number of hydrogen-bond donors (Lipinski definition) is 1. The molecule has 0 saturated carbocycles. The second-order valence-electron chi connectivity index (χ2n) is 6.27. The fourth-order valence-corrected chi connectivity index (χ4v) is 4.44. The van der Waals surface area contributed by atoms with Crippen molar-refractivity contribution in [1.29, 1.82) is 0 Å². The van der Waals surface area contributed by atoms with E-state index < -0.39 is 9.84 Å². The van der Waals surface area contributed by atoms with Gasteiger partial charge in [-0.1, -0.05) is 18.2 Å². The lowest BCUT2D eigenvalue weighted by molar-refractivity contribution is -0.0498. The van der Waals surface area contributed by atoms with Crippen LogP contribution in [0.25, 0.3) is 0 Å². The number of rotatable bonds is 8. The van der Waals surface area contributed by atoms with E-state index in [1.54, 1.807) is 31.4 Å². The molecule has 2 rings (SSSR count). The molecule has 1 heterocycles. The van der Waals surface area contributed by atoms with Crippen LogP contribution in [0.4, 0.5) is 0 Å². The van der Waals surface area contributed by atoms with Crippen molar-refractivity contribution in [3.05, 3.63) is 30.3 Å².